The maximum Gasteiger partial charge on any atom is 0.132 e. The van der Waals surface area contributed by atoms with Crippen molar-refractivity contribution in [2.45, 2.75) is 155 Å². The SMILES string of the molecule is C=C=COCCCCCCCC(=O)CCC(CCCCCCCC)CCCCCCCC. The van der Waals surface area contributed by atoms with Gasteiger partial charge >= 0.3 is 0 Å². The minimum atomic E-state index is 0.500. The second-order valence-corrected chi connectivity index (χ2v) is 9.77. The molecule has 0 amide bonds. The van der Waals surface area contributed by atoms with Crippen LogP contribution in [-0.2, 0) is 9.53 Å². The van der Waals surface area contributed by atoms with Gasteiger partial charge in [-0.05, 0) is 25.2 Å². The lowest BCUT2D eigenvalue weighted by Gasteiger charge is -2.17. The molecule has 2 heteroatoms. The van der Waals surface area contributed by atoms with Crippen molar-refractivity contribution in [3.05, 3.63) is 18.6 Å². The molecule has 32 heavy (non-hydrogen) atoms. The van der Waals surface area contributed by atoms with Gasteiger partial charge < -0.3 is 4.74 Å². The van der Waals surface area contributed by atoms with Gasteiger partial charge in [0, 0.05) is 12.8 Å². The first-order chi connectivity index (χ1) is 15.7. The normalized spacial score (nSPS) is 11.0. The van der Waals surface area contributed by atoms with Gasteiger partial charge in [-0.1, -0.05) is 135 Å². The molecule has 0 N–H and O–H groups in total. The molecule has 0 aromatic heterocycles. The molecule has 0 heterocycles. The minimum absolute atomic E-state index is 0.500. The molecule has 0 unspecified atom stereocenters. The molecule has 0 aromatic rings. The number of carbonyl (C=O) groups is 1. The smallest absolute Gasteiger partial charge is 0.132 e. The molecular weight excluding hydrogens is 392 g/mol. The highest BCUT2D eigenvalue weighted by atomic mass is 16.5. The molecule has 0 atom stereocenters. The number of unbranched alkanes of at least 4 members (excludes halogenated alkanes) is 14. The van der Waals surface area contributed by atoms with E-state index in [1.54, 1.807) is 0 Å². The number of hydrogen-bond acceptors (Lipinski definition) is 2. The van der Waals surface area contributed by atoms with E-state index in [1.807, 2.05) is 0 Å². The monoisotopic (exact) mass is 448 g/mol. The van der Waals surface area contributed by atoms with Gasteiger partial charge in [0.05, 0.1) is 6.61 Å². The molecule has 188 valence electrons. The van der Waals surface area contributed by atoms with Crippen molar-refractivity contribution < 1.29 is 9.53 Å². The van der Waals surface area contributed by atoms with Crippen LogP contribution in [0.5, 0.6) is 0 Å². The quantitative estimate of drug-likeness (QED) is 0.0747. The van der Waals surface area contributed by atoms with E-state index in [-0.39, 0.29) is 0 Å². The molecule has 0 saturated carbocycles. The van der Waals surface area contributed by atoms with Gasteiger partial charge in [0.2, 0.25) is 0 Å². The second-order valence-electron chi connectivity index (χ2n) is 9.77. The summed E-state index contributed by atoms with van der Waals surface area (Å²) in [5.41, 5.74) is 2.62. The largest absolute Gasteiger partial charge is 0.493 e. The van der Waals surface area contributed by atoms with Gasteiger partial charge in [0.1, 0.15) is 12.0 Å². The van der Waals surface area contributed by atoms with Crippen LogP contribution >= 0.6 is 0 Å². The fraction of sp³-hybridized carbons (Fsp3) is 0.867. The maximum absolute atomic E-state index is 12.4. The van der Waals surface area contributed by atoms with Crippen LogP contribution in [-0.4, -0.2) is 12.4 Å². The van der Waals surface area contributed by atoms with E-state index in [0.717, 1.165) is 44.6 Å². The Hall–Kier alpha value is -1.01. The summed E-state index contributed by atoms with van der Waals surface area (Å²) in [6, 6.07) is 0. The van der Waals surface area contributed by atoms with Crippen LogP contribution in [0.2, 0.25) is 0 Å². The van der Waals surface area contributed by atoms with E-state index in [1.165, 1.54) is 115 Å². The summed E-state index contributed by atoms with van der Waals surface area (Å²) in [6.07, 6.45) is 29.2. The third-order valence-electron chi connectivity index (χ3n) is 6.65. The fourth-order valence-electron chi connectivity index (χ4n) is 4.51. The summed E-state index contributed by atoms with van der Waals surface area (Å²) in [4.78, 5) is 12.4. The summed E-state index contributed by atoms with van der Waals surface area (Å²) < 4.78 is 5.23. The van der Waals surface area contributed by atoms with Crippen LogP contribution in [0, 0.1) is 5.92 Å². The van der Waals surface area contributed by atoms with Gasteiger partial charge in [-0.15, -0.1) is 0 Å². The van der Waals surface area contributed by atoms with Crippen LogP contribution in [0.4, 0.5) is 0 Å². The van der Waals surface area contributed by atoms with Gasteiger partial charge in [0.15, 0.2) is 0 Å². The van der Waals surface area contributed by atoms with E-state index >= 15 is 0 Å². The zero-order valence-corrected chi connectivity index (χ0v) is 21.9. The first kappa shape index (κ1) is 31.0. The molecule has 0 radical (unpaired) electrons. The van der Waals surface area contributed by atoms with Gasteiger partial charge in [0.25, 0.3) is 0 Å². The number of ether oxygens (including phenoxy) is 1. The third kappa shape index (κ3) is 23.6. The molecule has 0 aliphatic heterocycles. The minimum Gasteiger partial charge on any atom is -0.493 e. The summed E-state index contributed by atoms with van der Waals surface area (Å²) in [5.74, 6) is 1.28. The fourth-order valence-corrected chi connectivity index (χ4v) is 4.51. The lowest BCUT2D eigenvalue weighted by Crippen LogP contribution is -2.06. The highest BCUT2D eigenvalue weighted by Gasteiger charge is 2.11. The molecule has 0 aromatic carbocycles. The van der Waals surface area contributed by atoms with Crippen molar-refractivity contribution in [1.29, 1.82) is 0 Å². The van der Waals surface area contributed by atoms with Crippen molar-refractivity contribution in [3.8, 4) is 0 Å². The Labute approximate surface area is 201 Å². The van der Waals surface area contributed by atoms with E-state index in [4.69, 9.17) is 4.74 Å². The molecule has 0 spiro atoms. The molecule has 0 fully saturated rings. The van der Waals surface area contributed by atoms with Gasteiger partial charge in [-0.2, -0.15) is 0 Å². The number of carbonyl (C=O) groups excluding carboxylic acids is 1. The van der Waals surface area contributed by atoms with Crippen LogP contribution in [0.1, 0.15) is 155 Å². The summed E-state index contributed by atoms with van der Waals surface area (Å²) in [5, 5.41) is 0. The van der Waals surface area contributed by atoms with Crippen molar-refractivity contribution in [1.82, 2.24) is 0 Å². The summed E-state index contributed by atoms with van der Waals surface area (Å²) in [6.45, 7) is 8.80. The Kier molecular flexibility index (Phi) is 25.4. The van der Waals surface area contributed by atoms with Crippen molar-refractivity contribution in [2.75, 3.05) is 6.61 Å². The van der Waals surface area contributed by atoms with E-state index < -0.39 is 0 Å². The van der Waals surface area contributed by atoms with Gasteiger partial charge in [-0.3, -0.25) is 4.79 Å². The Morgan fingerprint density at radius 3 is 1.75 bits per heavy atom. The second kappa shape index (κ2) is 26.2. The van der Waals surface area contributed by atoms with Crippen molar-refractivity contribution in [3.63, 3.8) is 0 Å². The molecule has 0 aliphatic rings. The predicted octanol–water partition coefficient (Wildman–Crippen LogP) is 10.1. The average molecular weight is 449 g/mol. The van der Waals surface area contributed by atoms with Crippen molar-refractivity contribution in [2.24, 2.45) is 5.92 Å². The summed E-state index contributed by atoms with van der Waals surface area (Å²) >= 11 is 0. The number of hydrogen-bond donors (Lipinski definition) is 0. The first-order valence-electron chi connectivity index (χ1n) is 14.2. The molecule has 0 saturated heterocycles. The maximum atomic E-state index is 12.4. The van der Waals surface area contributed by atoms with E-state index in [2.05, 4.69) is 26.2 Å². The van der Waals surface area contributed by atoms with Crippen LogP contribution in [0.15, 0.2) is 18.6 Å². The summed E-state index contributed by atoms with van der Waals surface area (Å²) in [7, 11) is 0. The number of Topliss-reactive ketones (excluding diaryl/α,β-unsaturated/α-hetero) is 1. The van der Waals surface area contributed by atoms with Crippen LogP contribution < -0.4 is 0 Å². The van der Waals surface area contributed by atoms with Crippen molar-refractivity contribution >= 4 is 5.78 Å². The Bertz CT molecular complexity index is 420. The number of ketones is 1. The van der Waals surface area contributed by atoms with Crippen LogP contribution in [0.25, 0.3) is 0 Å². The Balaban J connectivity index is 3.93. The highest BCUT2D eigenvalue weighted by Crippen LogP contribution is 2.24. The Morgan fingerprint density at radius 2 is 1.19 bits per heavy atom. The molecule has 2 nitrogen and oxygen atoms in total. The zero-order chi connectivity index (χ0) is 23.5. The molecule has 0 rings (SSSR count). The Morgan fingerprint density at radius 1 is 0.688 bits per heavy atom. The number of rotatable bonds is 26. The average Bonchev–Trinajstić information content (AvgIpc) is 2.80. The van der Waals surface area contributed by atoms with E-state index in [9.17, 15) is 4.79 Å². The van der Waals surface area contributed by atoms with Crippen LogP contribution in [0.3, 0.4) is 0 Å². The first-order valence-corrected chi connectivity index (χ1v) is 14.2. The highest BCUT2D eigenvalue weighted by molar-refractivity contribution is 5.78. The predicted molar refractivity (Wildman–Crippen MR) is 141 cm³/mol. The zero-order valence-electron chi connectivity index (χ0n) is 21.9. The standard InChI is InChI=1S/C30H56O2/c1-4-7-9-11-14-18-22-29(23-19-15-12-10-8-5-2)25-26-30(31)24-20-16-13-17-21-28-32-27-6-3/h27,29H,3-5,7-26,28H2,1-2H3. The van der Waals surface area contributed by atoms with E-state index in [0.29, 0.717) is 5.78 Å². The molecule has 0 bridgehead atoms. The topological polar surface area (TPSA) is 26.3 Å². The van der Waals surface area contributed by atoms with Gasteiger partial charge in [-0.25, -0.2) is 0 Å². The third-order valence-corrected chi connectivity index (χ3v) is 6.65. The molecular formula is C30H56O2. The lowest BCUT2D eigenvalue weighted by molar-refractivity contribution is -0.119. The lowest BCUT2D eigenvalue weighted by atomic mass is 9.89. The molecule has 0 aliphatic carbocycles.